The van der Waals surface area contributed by atoms with Crippen LogP contribution >= 0.6 is 0 Å². The van der Waals surface area contributed by atoms with E-state index >= 15 is 0 Å². The van der Waals surface area contributed by atoms with Crippen LogP contribution in [0.4, 0.5) is 0 Å². The maximum atomic E-state index is 10.8. The summed E-state index contributed by atoms with van der Waals surface area (Å²) in [5.41, 5.74) is 1.02. The van der Waals surface area contributed by atoms with Crippen molar-refractivity contribution in [2.24, 2.45) is 10.2 Å². The highest BCUT2D eigenvalue weighted by atomic mass is 16.4. The third-order valence-corrected chi connectivity index (χ3v) is 2.20. The number of benzene rings is 1. The molecule has 5 nitrogen and oxygen atoms in total. The molecule has 0 bridgehead atoms. The number of nitrogens with zero attached hydrogens (tertiary/aromatic N) is 2. The van der Waals surface area contributed by atoms with Gasteiger partial charge in [-0.15, -0.1) is 5.11 Å². The van der Waals surface area contributed by atoms with Crippen molar-refractivity contribution in [3.63, 3.8) is 0 Å². The van der Waals surface area contributed by atoms with Crippen molar-refractivity contribution in [3.8, 4) is 0 Å². The van der Waals surface area contributed by atoms with Gasteiger partial charge in [0.25, 0.3) is 5.91 Å². The lowest BCUT2D eigenvalue weighted by Crippen LogP contribution is -2.00. The zero-order valence-electron chi connectivity index (χ0n) is 8.20. The topological polar surface area (TPSA) is 79.1 Å². The van der Waals surface area contributed by atoms with Crippen LogP contribution in [0, 0.1) is 0 Å². The fourth-order valence-corrected chi connectivity index (χ4v) is 1.37. The fourth-order valence-electron chi connectivity index (χ4n) is 1.37. The van der Waals surface area contributed by atoms with Crippen molar-refractivity contribution >= 4 is 11.9 Å². The van der Waals surface area contributed by atoms with Crippen molar-refractivity contribution in [1.82, 2.24) is 0 Å². The molecule has 1 N–H and O–H groups in total. The van der Waals surface area contributed by atoms with Crippen LogP contribution in [0.1, 0.15) is 22.0 Å². The summed E-state index contributed by atoms with van der Waals surface area (Å²) in [4.78, 5) is 21.4. The molecule has 1 aromatic carbocycles. The van der Waals surface area contributed by atoms with E-state index in [2.05, 4.69) is 10.2 Å². The van der Waals surface area contributed by atoms with E-state index in [0.29, 0.717) is 0 Å². The first-order valence-corrected chi connectivity index (χ1v) is 4.63. The summed E-state index contributed by atoms with van der Waals surface area (Å²) in [7, 11) is 0. The predicted molar refractivity (Wildman–Crippen MR) is 55.1 cm³/mol. The van der Waals surface area contributed by atoms with E-state index in [9.17, 15) is 9.59 Å². The van der Waals surface area contributed by atoms with E-state index in [4.69, 9.17) is 5.11 Å². The van der Waals surface area contributed by atoms with Gasteiger partial charge in [-0.25, -0.2) is 4.79 Å². The number of carbonyl (C=O) groups excluding carboxylic acids is 1. The van der Waals surface area contributed by atoms with E-state index in [1.165, 1.54) is 18.2 Å². The molecule has 0 saturated carbocycles. The van der Waals surface area contributed by atoms with Gasteiger partial charge in [-0.05, 0) is 23.8 Å². The molecule has 0 radical (unpaired) electrons. The molecule has 80 valence electrons. The summed E-state index contributed by atoms with van der Waals surface area (Å²) in [6, 6.07) is 6.01. The molecule has 16 heavy (non-hydrogen) atoms. The van der Waals surface area contributed by atoms with E-state index in [1.807, 2.05) is 0 Å². The second-order valence-electron chi connectivity index (χ2n) is 3.28. The first kappa shape index (κ1) is 10.2. The van der Waals surface area contributed by atoms with Gasteiger partial charge in [0.2, 0.25) is 0 Å². The maximum Gasteiger partial charge on any atom is 0.335 e. The summed E-state index contributed by atoms with van der Waals surface area (Å²) in [6.45, 7) is 0. The minimum Gasteiger partial charge on any atom is -0.478 e. The SMILES string of the molecule is O=C1C=CC(c2ccc(C(=O)O)cc2)N=N1. The Morgan fingerprint density at radius 3 is 2.44 bits per heavy atom. The van der Waals surface area contributed by atoms with Gasteiger partial charge >= 0.3 is 5.97 Å². The lowest BCUT2D eigenvalue weighted by Gasteiger charge is -2.08. The van der Waals surface area contributed by atoms with Crippen molar-refractivity contribution in [2.75, 3.05) is 0 Å². The third kappa shape index (κ3) is 2.03. The molecule has 1 aliphatic heterocycles. The van der Waals surface area contributed by atoms with Gasteiger partial charge in [-0.2, -0.15) is 5.11 Å². The zero-order valence-corrected chi connectivity index (χ0v) is 8.20. The largest absolute Gasteiger partial charge is 0.478 e. The van der Waals surface area contributed by atoms with Gasteiger partial charge in [-0.1, -0.05) is 12.1 Å². The number of carboxylic acids is 1. The van der Waals surface area contributed by atoms with Gasteiger partial charge in [0.05, 0.1) is 5.56 Å². The fraction of sp³-hybridized carbons (Fsp3) is 0.0909. The van der Waals surface area contributed by atoms with Crippen LogP contribution < -0.4 is 0 Å². The smallest absolute Gasteiger partial charge is 0.335 e. The Labute approximate surface area is 91.1 Å². The van der Waals surface area contributed by atoms with Crippen LogP contribution in [0.2, 0.25) is 0 Å². The Morgan fingerprint density at radius 2 is 1.94 bits per heavy atom. The maximum absolute atomic E-state index is 10.8. The number of azo groups is 1. The predicted octanol–water partition coefficient (Wildman–Crippen LogP) is 1.97. The van der Waals surface area contributed by atoms with Crippen molar-refractivity contribution < 1.29 is 14.7 Å². The Morgan fingerprint density at radius 1 is 1.25 bits per heavy atom. The highest BCUT2D eigenvalue weighted by Crippen LogP contribution is 2.22. The molecule has 2 rings (SSSR count). The Balaban J connectivity index is 2.23. The molecular weight excluding hydrogens is 208 g/mol. The van der Waals surface area contributed by atoms with Crippen LogP contribution in [0.3, 0.4) is 0 Å². The quantitative estimate of drug-likeness (QED) is 0.820. The number of hydrogen-bond acceptors (Lipinski definition) is 3. The van der Waals surface area contributed by atoms with Gasteiger partial charge in [0.15, 0.2) is 0 Å². The van der Waals surface area contributed by atoms with Gasteiger partial charge in [-0.3, -0.25) is 4.79 Å². The molecule has 0 spiro atoms. The monoisotopic (exact) mass is 216 g/mol. The average Bonchev–Trinajstić information content (AvgIpc) is 2.30. The summed E-state index contributed by atoms with van der Waals surface area (Å²) in [5, 5.41) is 15.9. The first-order valence-electron chi connectivity index (χ1n) is 4.63. The van der Waals surface area contributed by atoms with Crippen LogP contribution in [-0.4, -0.2) is 17.0 Å². The van der Waals surface area contributed by atoms with Crippen molar-refractivity contribution in [2.45, 2.75) is 6.04 Å². The molecule has 1 aliphatic rings. The number of carboxylic acid groups (broad SMARTS) is 1. The third-order valence-electron chi connectivity index (χ3n) is 2.20. The molecule has 1 unspecified atom stereocenters. The molecule has 0 fully saturated rings. The summed E-state index contributed by atoms with van der Waals surface area (Å²) in [5.74, 6) is -1.35. The molecule has 5 heteroatoms. The Kier molecular flexibility index (Phi) is 2.59. The molecule has 0 aromatic heterocycles. The number of hydrogen-bond donors (Lipinski definition) is 1. The highest BCUT2D eigenvalue weighted by Gasteiger charge is 2.12. The van der Waals surface area contributed by atoms with Crippen LogP contribution in [-0.2, 0) is 4.79 Å². The molecule has 1 aromatic rings. The average molecular weight is 216 g/mol. The van der Waals surface area contributed by atoms with Gasteiger partial charge < -0.3 is 5.11 Å². The standard InChI is InChI=1S/C11H8N2O3/c14-10-6-5-9(12-13-10)7-1-3-8(4-2-7)11(15)16/h1-6,9H,(H,15,16). The molecule has 1 amide bonds. The minimum atomic E-state index is -0.970. The number of amides is 1. The second-order valence-corrected chi connectivity index (χ2v) is 3.28. The van der Waals surface area contributed by atoms with Crippen LogP contribution in [0.5, 0.6) is 0 Å². The van der Waals surface area contributed by atoms with E-state index in [0.717, 1.165) is 5.56 Å². The van der Waals surface area contributed by atoms with E-state index in [1.54, 1.807) is 18.2 Å². The first-order chi connectivity index (χ1) is 7.66. The molecule has 0 aliphatic carbocycles. The van der Waals surface area contributed by atoms with Gasteiger partial charge in [0.1, 0.15) is 6.04 Å². The normalized spacial score (nSPS) is 18.8. The molecule has 1 heterocycles. The summed E-state index contributed by atoms with van der Waals surface area (Å²) < 4.78 is 0. The van der Waals surface area contributed by atoms with Crippen LogP contribution in [0.15, 0.2) is 46.6 Å². The second kappa shape index (κ2) is 4.06. The lowest BCUT2D eigenvalue weighted by molar-refractivity contribution is -0.114. The molecule has 1 atom stereocenters. The summed E-state index contributed by atoms with van der Waals surface area (Å²) in [6.07, 6.45) is 2.98. The lowest BCUT2D eigenvalue weighted by atomic mass is 10.0. The zero-order chi connectivity index (χ0) is 11.5. The van der Waals surface area contributed by atoms with E-state index < -0.39 is 5.97 Å². The molecular formula is C11H8N2O3. The number of aromatic carboxylic acids is 1. The number of rotatable bonds is 2. The van der Waals surface area contributed by atoms with Crippen LogP contribution in [0.25, 0.3) is 0 Å². The minimum absolute atomic E-state index is 0.219. The van der Waals surface area contributed by atoms with E-state index in [-0.39, 0.29) is 17.5 Å². The molecule has 0 saturated heterocycles. The summed E-state index contributed by atoms with van der Waals surface area (Å²) >= 11 is 0. The van der Waals surface area contributed by atoms with Crippen molar-refractivity contribution in [3.05, 3.63) is 47.5 Å². The van der Waals surface area contributed by atoms with Crippen molar-refractivity contribution in [1.29, 1.82) is 0 Å². The Bertz CT molecular complexity index is 472. The van der Waals surface area contributed by atoms with Gasteiger partial charge in [0, 0.05) is 6.08 Å². The highest BCUT2D eigenvalue weighted by molar-refractivity contribution is 5.89. The number of carbonyl (C=O) groups is 2. The Hall–Kier alpha value is -2.30.